The lowest BCUT2D eigenvalue weighted by Crippen LogP contribution is -2.45. The summed E-state index contributed by atoms with van der Waals surface area (Å²) in [5.74, 6) is 0.342. The predicted octanol–water partition coefficient (Wildman–Crippen LogP) is 5.43. The molecule has 218 valence electrons. The Bertz CT molecular complexity index is 1170. The Morgan fingerprint density at radius 1 is 1.05 bits per heavy atom. The van der Waals surface area contributed by atoms with Crippen LogP contribution >= 0.6 is 0 Å². The van der Waals surface area contributed by atoms with Gasteiger partial charge in [0.1, 0.15) is 11.6 Å². The first-order chi connectivity index (χ1) is 19.3. The van der Waals surface area contributed by atoms with Gasteiger partial charge in [-0.25, -0.2) is 8.78 Å². The normalized spacial score (nSPS) is 18.6. The Labute approximate surface area is 235 Å². The summed E-state index contributed by atoms with van der Waals surface area (Å²) in [6.45, 7) is 6.27. The number of rotatable bonds is 11. The fourth-order valence-corrected chi connectivity index (χ4v) is 5.69. The maximum Gasteiger partial charge on any atom is 0.254 e. The van der Waals surface area contributed by atoms with Crippen molar-refractivity contribution < 1.29 is 32.5 Å². The largest absolute Gasteiger partial charge is 0.493 e. The molecule has 2 aromatic carbocycles. The third kappa shape index (κ3) is 7.31. The fourth-order valence-electron chi connectivity index (χ4n) is 5.69. The van der Waals surface area contributed by atoms with Gasteiger partial charge in [-0.05, 0) is 69.3 Å². The Balaban J connectivity index is 1.61. The minimum Gasteiger partial charge on any atom is -0.493 e. The summed E-state index contributed by atoms with van der Waals surface area (Å²) in [5, 5.41) is 0. The van der Waals surface area contributed by atoms with Crippen LogP contribution in [-0.4, -0.2) is 82.5 Å². The average molecular weight is 559 g/mol. The lowest BCUT2D eigenvalue weighted by atomic mass is 9.99. The van der Waals surface area contributed by atoms with Crippen LogP contribution in [0.2, 0.25) is 0 Å². The summed E-state index contributed by atoms with van der Waals surface area (Å²) in [6, 6.07) is 7.03. The summed E-state index contributed by atoms with van der Waals surface area (Å²) in [6.07, 6.45) is 5.86. The first-order valence-corrected chi connectivity index (χ1v) is 13.9. The van der Waals surface area contributed by atoms with Gasteiger partial charge in [0.25, 0.3) is 5.91 Å². The molecule has 2 saturated heterocycles. The molecule has 1 atom stereocenters. The molecule has 7 nitrogen and oxygen atoms in total. The van der Waals surface area contributed by atoms with E-state index in [0.717, 1.165) is 63.6 Å². The second-order valence-corrected chi connectivity index (χ2v) is 10.6. The van der Waals surface area contributed by atoms with Crippen LogP contribution in [0, 0.1) is 17.6 Å². The van der Waals surface area contributed by atoms with E-state index in [-0.39, 0.29) is 24.1 Å². The molecule has 9 heteroatoms. The number of benzene rings is 2. The van der Waals surface area contributed by atoms with Crippen LogP contribution in [0.1, 0.15) is 48.5 Å². The Morgan fingerprint density at radius 3 is 2.38 bits per heavy atom. The van der Waals surface area contributed by atoms with Crippen molar-refractivity contribution in [3.8, 4) is 17.2 Å². The fraction of sp³-hybridized carbons (Fsp3) is 0.516. The zero-order valence-electron chi connectivity index (χ0n) is 23.9. The van der Waals surface area contributed by atoms with E-state index < -0.39 is 11.6 Å². The van der Waals surface area contributed by atoms with Crippen molar-refractivity contribution in [1.29, 1.82) is 0 Å². The van der Waals surface area contributed by atoms with E-state index in [4.69, 9.17) is 18.9 Å². The van der Waals surface area contributed by atoms with Gasteiger partial charge in [0, 0.05) is 56.1 Å². The van der Waals surface area contributed by atoms with E-state index in [1.165, 1.54) is 33.5 Å². The van der Waals surface area contributed by atoms with Gasteiger partial charge < -0.3 is 23.8 Å². The van der Waals surface area contributed by atoms with Gasteiger partial charge in [-0.1, -0.05) is 11.6 Å². The second kappa shape index (κ2) is 13.9. The second-order valence-electron chi connectivity index (χ2n) is 10.6. The van der Waals surface area contributed by atoms with E-state index in [1.807, 2.05) is 6.92 Å². The molecule has 0 spiro atoms. The van der Waals surface area contributed by atoms with E-state index in [0.29, 0.717) is 35.3 Å². The third-order valence-corrected chi connectivity index (χ3v) is 7.77. The molecule has 2 heterocycles. The molecule has 0 aromatic heterocycles. The number of likely N-dealkylation sites (tertiary alicyclic amines) is 1. The number of carbonyl (C=O) groups excluding carboxylic acids is 1. The number of hydrogen-bond donors (Lipinski definition) is 0. The lowest BCUT2D eigenvalue weighted by molar-refractivity contribution is 0.0467. The van der Waals surface area contributed by atoms with Crippen LogP contribution in [0.5, 0.6) is 17.2 Å². The molecule has 1 amide bonds. The highest BCUT2D eigenvalue weighted by Crippen LogP contribution is 2.38. The van der Waals surface area contributed by atoms with Crippen molar-refractivity contribution >= 4 is 12.0 Å². The molecule has 0 radical (unpaired) electrons. The summed E-state index contributed by atoms with van der Waals surface area (Å²) in [7, 11) is 4.55. The summed E-state index contributed by atoms with van der Waals surface area (Å²) in [5.41, 5.74) is 1.46. The van der Waals surface area contributed by atoms with Crippen molar-refractivity contribution in [3.63, 3.8) is 0 Å². The van der Waals surface area contributed by atoms with Crippen molar-refractivity contribution in [2.45, 2.75) is 38.6 Å². The number of hydrogen-bond acceptors (Lipinski definition) is 6. The van der Waals surface area contributed by atoms with Crippen molar-refractivity contribution in [2.75, 3.05) is 60.7 Å². The van der Waals surface area contributed by atoms with Crippen LogP contribution in [0.3, 0.4) is 0 Å². The number of halogens is 2. The third-order valence-electron chi connectivity index (χ3n) is 7.77. The lowest BCUT2D eigenvalue weighted by Gasteiger charge is -2.34. The molecular weight excluding hydrogens is 518 g/mol. The molecule has 2 aromatic rings. The van der Waals surface area contributed by atoms with Gasteiger partial charge >= 0.3 is 0 Å². The summed E-state index contributed by atoms with van der Waals surface area (Å²) >= 11 is 0. The highest BCUT2D eigenvalue weighted by atomic mass is 19.1. The number of methoxy groups -OCH3 is 3. The van der Waals surface area contributed by atoms with E-state index in [2.05, 4.69) is 4.90 Å². The van der Waals surface area contributed by atoms with Gasteiger partial charge in [0.2, 0.25) is 5.75 Å². The summed E-state index contributed by atoms with van der Waals surface area (Å²) in [4.78, 5) is 18.4. The highest BCUT2D eigenvalue weighted by Gasteiger charge is 2.31. The molecule has 2 aliphatic heterocycles. The number of amides is 1. The smallest absolute Gasteiger partial charge is 0.254 e. The van der Waals surface area contributed by atoms with E-state index in [9.17, 15) is 13.6 Å². The van der Waals surface area contributed by atoms with Crippen LogP contribution in [0.25, 0.3) is 6.08 Å². The molecule has 4 rings (SSSR count). The molecular formula is C31H40F2N2O5. The van der Waals surface area contributed by atoms with Crippen LogP contribution in [0.15, 0.2) is 35.9 Å². The molecule has 40 heavy (non-hydrogen) atoms. The van der Waals surface area contributed by atoms with Crippen LogP contribution in [-0.2, 0) is 4.74 Å². The molecule has 0 aliphatic carbocycles. The topological polar surface area (TPSA) is 60.5 Å². The summed E-state index contributed by atoms with van der Waals surface area (Å²) < 4.78 is 49.8. The van der Waals surface area contributed by atoms with E-state index >= 15 is 0 Å². The molecule has 0 bridgehead atoms. The molecule has 0 unspecified atom stereocenters. The first-order valence-electron chi connectivity index (χ1n) is 13.9. The predicted molar refractivity (Wildman–Crippen MR) is 150 cm³/mol. The van der Waals surface area contributed by atoms with Gasteiger partial charge in [0.15, 0.2) is 11.5 Å². The van der Waals surface area contributed by atoms with Crippen molar-refractivity contribution in [1.82, 2.24) is 9.80 Å². The van der Waals surface area contributed by atoms with Gasteiger partial charge in [-0.2, -0.15) is 0 Å². The maximum atomic E-state index is 14.4. The monoisotopic (exact) mass is 558 g/mol. The zero-order valence-corrected chi connectivity index (χ0v) is 23.9. The molecule has 0 N–H and O–H groups in total. The number of nitrogens with zero attached hydrogens (tertiary/aromatic N) is 2. The minimum atomic E-state index is -0.639. The van der Waals surface area contributed by atoms with Gasteiger partial charge in [-0.3, -0.25) is 9.69 Å². The first kappa shape index (κ1) is 29.8. The van der Waals surface area contributed by atoms with Gasteiger partial charge in [-0.15, -0.1) is 0 Å². The maximum absolute atomic E-state index is 14.4. The molecule has 0 saturated carbocycles. The number of ether oxygens (including phenoxy) is 4. The van der Waals surface area contributed by atoms with Crippen LogP contribution in [0.4, 0.5) is 8.78 Å². The number of carbonyl (C=O) groups is 1. The van der Waals surface area contributed by atoms with Gasteiger partial charge in [0.05, 0.1) is 21.3 Å². The van der Waals surface area contributed by atoms with E-state index in [1.54, 1.807) is 23.1 Å². The SMILES string of the molecule is COc1cc(C(=O)N(C/C(C)=C/c2ccc(F)cc2F)C[C@@H]2CCCN2CC2CCOCC2)cc(OC)c1OC. The quantitative estimate of drug-likeness (QED) is 0.367. The standard InChI is InChI=1S/C31H40F2N2O5/c1-21(14-23-7-8-25(32)17-27(23)33)18-35(20-26-6-5-11-34(26)19-22-9-12-40-13-10-22)31(36)24-15-28(37-2)30(39-4)29(16-24)38-3/h7-8,14-17,22,26H,5-6,9-13,18-20H2,1-4H3/b21-14+/t26-/m0/s1. The van der Waals surface area contributed by atoms with Crippen molar-refractivity contribution in [3.05, 3.63) is 58.7 Å². The molecule has 2 fully saturated rings. The highest BCUT2D eigenvalue weighted by molar-refractivity contribution is 5.96. The zero-order chi connectivity index (χ0) is 28.6. The average Bonchev–Trinajstić information content (AvgIpc) is 3.39. The minimum absolute atomic E-state index is 0.190. The Hall–Kier alpha value is -3.17. The molecule has 2 aliphatic rings. The van der Waals surface area contributed by atoms with Crippen LogP contribution < -0.4 is 14.2 Å². The Kier molecular flexibility index (Phi) is 10.4. The van der Waals surface area contributed by atoms with Crippen molar-refractivity contribution in [2.24, 2.45) is 5.92 Å². The Morgan fingerprint density at radius 2 is 1.75 bits per heavy atom.